The second kappa shape index (κ2) is 7.82. The molecule has 1 atom stereocenters. The van der Waals surface area contributed by atoms with Crippen molar-refractivity contribution in [2.75, 3.05) is 13.1 Å². The van der Waals surface area contributed by atoms with Gasteiger partial charge in [0.15, 0.2) is 0 Å². The van der Waals surface area contributed by atoms with E-state index in [1.165, 1.54) is 12.1 Å². The summed E-state index contributed by atoms with van der Waals surface area (Å²) < 4.78 is 27.1. The van der Waals surface area contributed by atoms with Crippen LogP contribution in [0.2, 0.25) is 0 Å². The van der Waals surface area contributed by atoms with Crippen LogP contribution < -0.4 is 15.8 Å². The minimum Gasteiger partial charge on any atom is -0.350 e. The number of hydrogen-bond acceptors (Lipinski definition) is 4. The second-order valence-corrected chi connectivity index (χ2v) is 8.30. The molecule has 6 nitrogen and oxygen atoms in total. The van der Waals surface area contributed by atoms with Gasteiger partial charge in [-0.05, 0) is 55.7 Å². The first-order chi connectivity index (χ1) is 11.0. The van der Waals surface area contributed by atoms with Crippen molar-refractivity contribution in [3.05, 3.63) is 29.8 Å². The van der Waals surface area contributed by atoms with E-state index in [4.69, 9.17) is 5.73 Å². The Kier molecular flexibility index (Phi) is 6.25. The Morgan fingerprint density at radius 2 is 1.96 bits per heavy atom. The number of halogens is 1. The summed E-state index contributed by atoms with van der Waals surface area (Å²) in [5.74, 6) is 0.675. The molecule has 0 heterocycles. The van der Waals surface area contributed by atoms with Crippen molar-refractivity contribution < 1.29 is 13.2 Å². The number of benzene rings is 1. The molecule has 1 unspecified atom stereocenters. The van der Waals surface area contributed by atoms with Crippen LogP contribution in [-0.4, -0.2) is 33.5 Å². The lowest BCUT2D eigenvalue weighted by Gasteiger charge is -2.12. The van der Waals surface area contributed by atoms with Crippen LogP contribution in [0.4, 0.5) is 0 Å². The lowest BCUT2D eigenvalue weighted by Crippen LogP contribution is -2.38. The number of hydrogen-bond donors (Lipinski definition) is 3. The zero-order valence-electron chi connectivity index (χ0n) is 13.4. The predicted octanol–water partition coefficient (Wildman–Crippen LogP) is 1.26. The van der Waals surface area contributed by atoms with Gasteiger partial charge in [0.2, 0.25) is 10.0 Å². The first-order valence-corrected chi connectivity index (χ1v) is 9.57. The fourth-order valence-corrected chi connectivity index (χ4v) is 3.60. The van der Waals surface area contributed by atoms with Gasteiger partial charge >= 0.3 is 0 Å². The summed E-state index contributed by atoms with van der Waals surface area (Å²) in [4.78, 5) is 12.3. The second-order valence-electron chi connectivity index (χ2n) is 6.53. The molecule has 0 radical (unpaired) electrons. The van der Waals surface area contributed by atoms with E-state index in [1.54, 1.807) is 12.1 Å². The number of sulfonamides is 1. The van der Waals surface area contributed by atoms with Gasteiger partial charge in [-0.1, -0.05) is 6.07 Å². The molecule has 8 heteroatoms. The van der Waals surface area contributed by atoms with Crippen molar-refractivity contribution >= 4 is 28.3 Å². The third-order valence-corrected chi connectivity index (χ3v) is 5.81. The van der Waals surface area contributed by atoms with Gasteiger partial charge in [-0.15, -0.1) is 12.4 Å². The third-order valence-electron chi connectivity index (χ3n) is 4.39. The Balaban J connectivity index is 0.00000208. The third kappa shape index (κ3) is 5.17. The minimum absolute atomic E-state index is 0. The van der Waals surface area contributed by atoms with E-state index in [2.05, 4.69) is 10.0 Å². The smallest absolute Gasteiger partial charge is 0.251 e. The molecule has 0 saturated heterocycles. The van der Waals surface area contributed by atoms with Gasteiger partial charge in [-0.3, -0.25) is 4.79 Å². The fourth-order valence-electron chi connectivity index (χ4n) is 2.44. The van der Waals surface area contributed by atoms with Gasteiger partial charge in [0.1, 0.15) is 0 Å². The molecule has 1 aromatic rings. The van der Waals surface area contributed by atoms with Gasteiger partial charge in [0.25, 0.3) is 5.91 Å². The molecule has 2 aliphatic carbocycles. The number of nitrogens with one attached hydrogen (secondary N) is 2. The summed E-state index contributed by atoms with van der Waals surface area (Å²) in [5, 5.41) is 2.78. The topological polar surface area (TPSA) is 101 Å². The predicted molar refractivity (Wildman–Crippen MR) is 94.6 cm³/mol. The molecular weight excluding hydrogens is 350 g/mol. The molecule has 0 aliphatic heterocycles. The summed E-state index contributed by atoms with van der Waals surface area (Å²) in [7, 11) is -3.56. The molecule has 2 aliphatic rings. The molecule has 134 valence electrons. The van der Waals surface area contributed by atoms with Crippen LogP contribution in [0.1, 0.15) is 36.0 Å². The van der Waals surface area contributed by atoms with Gasteiger partial charge in [0, 0.05) is 24.7 Å². The molecule has 1 amide bonds. The van der Waals surface area contributed by atoms with E-state index in [0.29, 0.717) is 30.5 Å². The van der Waals surface area contributed by atoms with Crippen LogP contribution in [0.3, 0.4) is 0 Å². The van der Waals surface area contributed by atoms with E-state index >= 15 is 0 Å². The number of amides is 1. The largest absolute Gasteiger partial charge is 0.350 e. The summed E-state index contributed by atoms with van der Waals surface area (Å²) in [5.41, 5.74) is 6.29. The highest BCUT2D eigenvalue weighted by Gasteiger charge is 2.28. The molecule has 0 bridgehead atoms. The van der Waals surface area contributed by atoms with Gasteiger partial charge in [-0.25, -0.2) is 13.1 Å². The van der Waals surface area contributed by atoms with Gasteiger partial charge < -0.3 is 11.1 Å². The van der Waals surface area contributed by atoms with E-state index in [0.717, 1.165) is 25.7 Å². The summed E-state index contributed by atoms with van der Waals surface area (Å²) in [6.45, 7) is 0.884. The molecule has 0 aromatic heterocycles. The maximum atomic E-state index is 12.2. The Labute approximate surface area is 149 Å². The van der Waals surface area contributed by atoms with Crippen molar-refractivity contribution in [1.82, 2.24) is 10.0 Å². The van der Waals surface area contributed by atoms with Crippen LogP contribution in [0.25, 0.3) is 0 Å². The highest BCUT2D eigenvalue weighted by atomic mass is 35.5. The van der Waals surface area contributed by atoms with Crippen LogP contribution in [0.5, 0.6) is 0 Å². The molecule has 2 fully saturated rings. The Morgan fingerprint density at radius 3 is 2.58 bits per heavy atom. The Hall–Kier alpha value is -1.15. The van der Waals surface area contributed by atoms with E-state index in [-0.39, 0.29) is 29.3 Å². The van der Waals surface area contributed by atoms with Crippen molar-refractivity contribution in [2.24, 2.45) is 17.6 Å². The summed E-state index contributed by atoms with van der Waals surface area (Å²) in [6, 6.07) is 6.08. The number of nitrogens with two attached hydrogens (primary N) is 1. The van der Waals surface area contributed by atoms with Crippen LogP contribution in [-0.2, 0) is 10.0 Å². The molecule has 3 rings (SSSR count). The lowest BCUT2D eigenvalue weighted by atomic mass is 10.2. The molecule has 1 aromatic carbocycles. The van der Waals surface area contributed by atoms with Crippen molar-refractivity contribution in [1.29, 1.82) is 0 Å². The monoisotopic (exact) mass is 373 g/mol. The normalized spacial score (nSPS) is 18.5. The molecule has 2 saturated carbocycles. The maximum absolute atomic E-state index is 12.2. The van der Waals surface area contributed by atoms with E-state index in [1.807, 2.05) is 0 Å². The average molecular weight is 374 g/mol. The van der Waals surface area contributed by atoms with Crippen molar-refractivity contribution in [3.8, 4) is 0 Å². The van der Waals surface area contributed by atoms with Gasteiger partial charge in [0.05, 0.1) is 4.90 Å². The zero-order chi connectivity index (χ0) is 16.4. The highest BCUT2D eigenvalue weighted by Crippen LogP contribution is 2.31. The quantitative estimate of drug-likeness (QED) is 0.638. The fraction of sp³-hybridized carbons (Fsp3) is 0.562. The average Bonchev–Trinajstić information content (AvgIpc) is 3.42. The minimum atomic E-state index is -3.56. The van der Waals surface area contributed by atoms with Crippen LogP contribution in [0, 0.1) is 11.8 Å². The number of carbonyl (C=O) groups excluding carboxylic acids is 1. The highest BCUT2D eigenvalue weighted by molar-refractivity contribution is 7.89. The zero-order valence-corrected chi connectivity index (χ0v) is 15.0. The first-order valence-electron chi connectivity index (χ1n) is 8.09. The van der Waals surface area contributed by atoms with Gasteiger partial charge in [-0.2, -0.15) is 0 Å². The van der Waals surface area contributed by atoms with Crippen LogP contribution >= 0.6 is 12.4 Å². The number of rotatable bonds is 8. The number of carbonyl (C=O) groups is 1. The lowest BCUT2D eigenvalue weighted by molar-refractivity contribution is 0.0950. The van der Waals surface area contributed by atoms with Crippen LogP contribution in [0.15, 0.2) is 29.2 Å². The summed E-state index contributed by atoms with van der Waals surface area (Å²) in [6.07, 6.45) is 4.40. The SMILES string of the molecule is Cl.NC(CNC(=O)c1cccc(S(=O)(=O)NCC2CC2)c1)C1CC1. The van der Waals surface area contributed by atoms with Crippen molar-refractivity contribution in [2.45, 2.75) is 36.6 Å². The maximum Gasteiger partial charge on any atom is 0.251 e. The van der Waals surface area contributed by atoms with E-state index < -0.39 is 10.0 Å². The molecule has 24 heavy (non-hydrogen) atoms. The molecule has 4 N–H and O–H groups in total. The van der Waals surface area contributed by atoms with E-state index in [9.17, 15) is 13.2 Å². The van der Waals surface area contributed by atoms with Crippen molar-refractivity contribution in [3.63, 3.8) is 0 Å². The molecular formula is C16H24ClN3O3S. The first kappa shape index (κ1) is 19.2. The molecule has 0 spiro atoms. The Bertz CT molecular complexity index is 688. The Morgan fingerprint density at radius 1 is 1.25 bits per heavy atom. The summed E-state index contributed by atoms with van der Waals surface area (Å²) >= 11 is 0. The standard InChI is InChI=1S/C16H23N3O3S.ClH/c17-15(12-6-7-12)10-18-16(20)13-2-1-3-14(8-13)23(21,22)19-9-11-4-5-11;/h1-3,8,11-12,15,19H,4-7,9-10,17H2,(H,18,20);1H.